The number of H-pyrrole nitrogens is 1. The maximum Gasteiger partial charge on any atom is 0.128 e. The van der Waals surface area contributed by atoms with Crippen LogP contribution < -0.4 is 5.73 Å². The normalized spacial score (nSPS) is 12.3. The Labute approximate surface area is 124 Å². The molecule has 1 atom stereocenters. The van der Waals surface area contributed by atoms with E-state index >= 15 is 0 Å². The van der Waals surface area contributed by atoms with Crippen molar-refractivity contribution in [3.63, 3.8) is 0 Å². The minimum atomic E-state index is -0.231. The summed E-state index contributed by atoms with van der Waals surface area (Å²) in [6.45, 7) is 4.20. The highest BCUT2D eigenvalue weighted by molar-refractivity contribution is 5.61. The highest BCUT2D eigenvalue weighted by Crippen LogP contribution is 2.23. The van der Waals surface area contributed by atoms with Gasteiger partial charge in [0.1, 0.15) is 5.82 Å². The first-order chi connectivity index (χ1) is 10.1. The fourth-order valence-electron chi connectivity index (χ4n) is 2.59. The van der Waals surface area contributed by atoms with Gasteiger partial charge in [-0.15, -0.1) is 0 Å². The lowest BCUT2D eigenvalue weighted by molar-refractivity contribution is 0.801. The standard InChI is InChI=1S/C18H19N3/c1-12-8-13(2)10-15(9-12)16-11-20-18(21-16)17(19)14-6-4-3-5-7-14/h3-11,17H,19H2,1-2H3,(H,20,21)/t17-/m1/s1. The van der Waals surface area contributed by atoms with E-state index in [0.29, 0.717) is 0 Å². The number of rotatable bonds is 3. The van der Waals surface area contributed by atoms with Gasteiger partial charge in [0.05, 0.1) is 17.9 Å². The van der Waals surface area contributed by atoms with Gasteiger partial charge in [0.2, 0.25) is 0 Å². The molecule has 1 aromatic heterocycles. The zero-order valence-corrected chi connectivity index (χ0v) is 12.3. The van der Waals surface area contributed by atoms with Crippen molar-refractivity contribution in [3.05, 3.63) is 77.2 Å². The molecule has 0 radical (unpaired) electrons. The fraction of sp³-hybridized carbons (Fsp3) is 0.167. The number of hydrogen-bond donors (Lipinski definition) is 2. The lowest BCUT2D eigenvalue weighted by Gasteiger charge is -2.08. The first-order valence-corrected chi connectivity index (χ1v) is 7.07. The van der Waals surface area contributed by atoms with E-state index in [1.54, 1.807) is 0 Å². The van der Waals surface area contributed by atoms with Gasteiger partial charge in [-0.1, -0.05) is 47.5 Å². The summed E-state index contributed by atoms with van der Waals surface area (Å²) in [5.74, 6) is 0.787. The lowest BCUT2D eigenvalue weighted by Crippen LogP contribution is -2.13. The molecule has 0 unspecified atom stereocenters. The Morgan fingerprint density at radius 1 is 1.00 bits per heavy atom. The molecule has 3 rings (SSSR count). The Bertz CT molecular complexity index is 724. The maximum atomic E-state index is 6.27. The van der Waals surface area contributed by atoms with Gasteiger partial charge in [-0.3, -0.25) is 0 Å². The molecule has 3 aromatic rings. The molecule has 0 aliphatic heterocycles. The molecule has 1 heterocycles. The first kappa shape index (κ1) is 13.6. The fourth-order valence-corrected chi connectivity index (χ4v) is 2.59. The van der Waals surface area contributed by atoms with Crippen LogP contribution in [-0.4, -0.2) is 9.97 Å². The minimum absolute atomic E-state index is 0.231. The molecule has 3 nitrogen and oxygen atoms in total. The van der Waals surface area contributed by atoms with E-state index in [1.807, 2.05) is 36.5 Å². The maximum absolute atomic E-state index is 6.27. The van der Waals surface area contributed by atoms with E-state index in [-0.39, 0.29) is 6.04 Å². The van der Waals surface area contributed by atoms with Crippen molar-refractivity contribution in [2.75, 3.05) is 0 Å². The predicted octanol–water partition coefficient (Wildman–Crippen LogP) is 3.74. The predicted molar refractivity (Wildman–Crippen MR) is 86.0 cm³/mol. The van der Waals surface area contributed by atoms with Crippen LogP contribution in [0.25, 0.3) is 11.3 Å². The molecular weight excluding hydrogens is 258 g/mol. The van der Waals surface area contributed by atoms with Crippen LogP contribution in [-0.2, 0) is 0 Å². The monoisotopic (exact) mass is 277 g/mol. The van der Waals surface area contributed by atoms with Crippen LogP contribution in [0.3, 0.4) is 0 Å². The molecule has 0 bridgehead atoms. The molecule has 0 fully saturated rings. The molecule has 3 N–H and O–H groups in total. The number of nitrogens with one attached hydrogen (secondary N) is 1. The van der Waals surface area contributed by atoms with Gasteiger partial charge >= 0.3 is 0 Å². The number of nitrogens with zero attached hydrogens (tertiary/aromatic N) is 1. The van der Waals surface area contributed by atoms with E-state index in [2.05, 4.69) is 42.0 Å². The van der Waals surface area contributed by atoms with Crippen molar-refractivity contribution in [2.24, 2.45) is 5.73 Å². The zero-order chi connectivity index (χ0) is 14.8. The molecular formula is C18H19N3. The van der Waals surface area contributed by atoms with Crippen LogP contribution >= 0.6 is 0 Å². The SMILES string of the molecule is Cc1cc(C)cc(-c2cnc([C@H](N)c3ccccc3)[nH]2)c1. The summed E-state index contributed by atoms with van der Waals surface area (Å²) in [6, 6.07) is 16.2. The molecule has 0 amide bonds. The van der Waals surface area contributed by atoms with Crippen LogP contribution in [0.2, 0.25) is 0 Å². The van der Waals surface area contributed by atoms with Gasteiger partial charge in [-0.25, -0.2) is 4.98 Å². The Kier molecular flexibility index (Phi) is 3.59. The van der Waals surface area contributed by atoms with Crippen molar-refractivity contribution in [1.29, 1.82) is 0 Å². The Balaban J connectivity index is 1.93. The molecule has 0 aliphatic carbocycles. The summed E-state index contributed by atoms with van der Waals surface area (Å²) in [5.41, 5.74) is 12.0. The van der Waals surface area contributed by atoms with Gasteiger partial charge < -0.3 is 10.7 Å². The quantitative estimate of drug-likeness (QED) is 0.766. The number of imidazole rings is 1. The summed E-state index contributed by atoms with van der Waals surface area (Å²) >= 11 is 0. The second-order valence-corrected chi connectivity index (χ2v) is 5.45. The Morgan fingerprint density at radius 2 is 1.67 bits per heavy atom. The molecule has 2 aromatic carbocycles. The number of aryl methyl sites for hydroxylation is 2. The smallest absolute Gasteiger partial charge is 0.128 e. The number of nitrogens with two attached hydrogens (primary N) is 1. The summed E-state index contributed by atoms with van der Waals surface area (Å²) in [7, 11) is 0. The average molecular weight is 277 g/mol. The van der Waals surface area contributed by atoms with Gasteiger partial charge in [0, 0.05) is 5.56 Å². The van der Waals surface area contributed by atoms with Gasteiger partial charge in [-0.05, 0) is 31.5 Å². The molecule has 3 heteroatoms. The van der Waals surface area contributed by atoms with E-state index in [4.69, 9.17) is 5.73 Å². The van der Waals surface area contributed by atoms with Gasteiger partial charge in [0.15, 0.2) is 0 Å². The number of hydrogen-bond acceptors (Lipinski definition) is 2. The highest BCUT2D eigenvalue weighted by Gasteiger charge is 2.13. The second-order valence-electron chi connectivity index (χ2n) is 5.45. The zero-order valence-electron chi connectivity index (χ0n) is 12.3. The largest absolute Gasteiger partial charge is 0.340 e. The van der Waals surface area contributed by atoms with E-state index in [0.717, 1.165) is 22.6 Å². The van der Waals surface area contributed by atoms with Crippen molar-refractivity contribution < 1.29 is 0 Å². The summed E-state index contributed by atoms with van der Waals surface area (Å²) in [5, 5.41) is 0. The third-order valence-electron chi connectivity index (χ3n) is 3.58. The number of aromatic nitrogens is 2. The van der Waals surface area contributed by atoms with Crippen LogP contribution in [0.15, 0.2) is 54.7 Å². The second kappa shape index (κ2) is 5.54. The topological polar surface area (TPSA) is 54.7 Å². The van der Waals surface area contributed by atoms with E-state index < -0.39 is 0 Å². The Hall–Kier alpha value is -2.39. The average Bonchev–Trinajstić information content (AvgIpc) is 2.96. The van der Waals surface area contributed by atoms with Crippen LogP contribution in [0.4, 0.5) is 0 Å². The number of aromatic amines is 1. The third kappa shape index (κ3) is 2.88. The third-order valence-corrected chi connectivity index (χ3v) is 3.58. The van der Waals surface area contributed by atoms with Crippen LogP contribution in [0.5, 0.6) is 0 Å². The van der Waals surface area contributed by atoms with Crippen molar-refractivity contribution in [2.45, 2.75) is 19.9 Å². The molecule has 0 aliphatic rings. The molecule has 0 spiro atoms. The molecule has 0 saturated heterocycles. The van der Waals surface area contributed by atoms with Crippen molar-refractivity contribution >= 4 is 0 Å². The van der Waals surface area contributed by atoms with E-state index in [1.165, 1.54) is 11.1 Å². The van der Waals surface area contributed by atoms with Crippen molar-refractivity contribution in [3.8, 4) is 11.3 Å². The first-order valence-electron chi connectivity index (χ1n) is 7.07. The molecule has 0 saturated carbocycles. The molecule has 21 heavy (non-hydrogen) atoms. The van der Waals surface area contributed by atoms with Crippen molar-refractivity contribution in [1.82, 2.24) is 9.97 Å². The summed E-state index contributed by atoms with van der Waals surface area (Å²) < 4.78 is 0. The lowest BCUT2D eigenvalue weighted by atomic mass is 10.1. The Morgan fingerprint density at radius 3 is 2.33 bits per heavy atom. The number of benzene rings is 2. The molecule has 106 valence electrons. The van der Waals surface area contributed by atoms with Crippen LogP contribution in [0, 0.1) is 13.8 Å². The highest BCUT2D eigenvalue weighted by atomic mass is 15.0. The minimum Gasteiger partial charge on any atom is -0.340 e. The van der Waals surface area contributed by atoms with E-state index in [9.17, 15) is 0 Å². The van der Waals surface area contributed by atoms with Gasteiger partial charge in [-0.2, -0.15) is 0 Å². The van der Waals surface area contributed by atoms with Crippen LogP contribution in [0.1, 0.15) is 28.6 Å². The van der Waals surface area contributed by atoms with Gasteiger partial charge in [0.25, 0.3) is 0 Å². The summed E-state index contributed by atoms with van der Waals surface area (Å²) in [4.78, 5) is 7.79. The summed E-state index contributed by atoms with van der Waals surface area (Å²) in [6.07, 6.45) is 1.85.